The van der Waals surface area contributed by atoms with Crippen molar-refractivity contribution in [3.8, 4) is 28.4 Å². The van der Waals surface area contributed by atoms with Crippen LogP contribution in [-0.4, -0.2) is 75.1 Å². The Morgan fingerprint density at radius 3 is 2.81 bits per heavy atom. The number of imidazole rings is 1. The van der Waals surface area contributed by atoms with Crippen LogP contribution in [0.1, 0.15) is 52.1 Å². The van der Waals surface area contributed by atoms with E-state index in [1.165, 1.54) is 0 Å². The Hall–Kier alpha value is -3.99. The maximum absolute atomic E-state index is 16.3. The summed E-state index contributed by atoms with van der Waals surface area (Å²) in [6, 6.07) is 6.92. The highest BCUT2D eigenvalue weighted by Crippen LogP contribution is 2.47. The lowest BCUT2D eigenvalue weighted by Crippen LogP contribution is -2.61. The SMILES string of the molecule is COCOc1cc(-n2ccnc2)ccc1-c1cc2c(nn1)C([C@@H]1CC3CCCC([C@@H]1F)N3C(=O)OC(C)(C)C)=CCO2. The van der Waals surface area contributed by atoms with Gasteiger partial charge in [0.2, 0.25) is 0 Å². The summed E-state index contributed by atoms with van der Waals surface area (Å²) in [4.78, 5) is 18.8. The summed E-state index contributed by atoms with van der Waals surface area (Å²) in [7, 11) is 1.56. The van der Waals surface area contributed by atoms with Gasteiger partial charge in [0.25, 0.3) is 0 Å². The van der Waals surface area contributed by atoms with E-state index in [4.69, 9.17) is 18.9 Å². The first-order valence-electron chi connectivity index (χ1n) is 14.3. The van der Waals surface area contributed by atoms with Crippen molar-refractivity contribution in [3.63, 3.8) is 0 Å². The zero-order valence-corrected chi connectivity index (χ0v) is 24.3. The molecule has 1 amide bonds. The normalized spacial score (nSPS) is 23.5. The number of nitrogens with zero attached hydrogens (tertiary/aromatic N) is 5. The molecule has 4 atom stereocenters. The number of alkyl halides is 1. The third-order valence-corrected chi connectivity index (χ3v) is 8.02. The minimum atomic E-state index is -1.25. The van der Waals surface area contributed by atoms with Crippen LogP contribution in [0.15, 0.2) is 49.1 Å². The molecular weight excluding hydrogens is 541 g/mol. The number of hydrogen-bond acceptors (Lipinski definition) is 8. The molecule has 2 saturated heterocycles. The molecule has 6 rings (SSSR count). The number of halogens is 1. The number of carbonyl (C=O) groups excluding carboxylic acids is 1. The molecule has 0 saturated carbocycles. The molecule has 3 aliphatic heterocycles. The second-order valence-corrected chi connectivity index (χ2v) is 11.9. The van der Waals surface area contributed by atoms with E-state index in [9.17, 15) is 4.79 Å². The fourth-order valence-electron chi connectivity index (χ4n) is 6.24. The standard InChI is InChI=1S/C31H36FN5O5/c1-31(2,3)42-30(38)37-20-6-5-7-25(37)28(32)23(14-20)21-10-13-40-27-16-24(34-35-29(21)27)22-9-8-19(36-12-11-33-17-36)15-26(22)41-18-39-4/h8-12,15-17,20,23,25,28H,5-7,13-14,18H2,1-4H3/t20?,23-,25?,28+/m0/s1. The maximum Gasteiger partial charge on any atom is 0.410 e. The van der Waals surface area contributed by atoms with E-state index in [2.05, 4.69) is 15.2 Å². The number of methoxy groups -OCH3 is 1. The molecule has 0 radical (unpaired) electrons. The van der Waals surface area contributed by atoms with Crippen molar-refractivity contribution >= 4 is 11.7 Å². The Balaban J connectivity index is 1.28. The van der Waals surface area contributed by atoms with Crippen molar-refractivity contribution in [2.45, 2.75) is 70.3 Å². The number of rotatable bonds is 6. The Kier molecular flexibility index (Phi) is 7.61. The topological polar surface area (TPSA) is 101 Å². The number of allylic oxidation sites excluding steroid dienone is 1. The van der Waals surface area contributed by atoms with Gasteiger partial charge in [-0.2, -0.15) is 0 Å². The molecule has 0 aliphatic carbocycles. The van der Waals surface area contributed by atoms with Crippen LogP contribution in [0.2, 0.25) is 0 Å². The van der Waals surface area contributed by atoms with Crippen LogP contribution in [0.5, 0.6) is 11.5 Å². The Labute approximate surface area is 244 Å². The molecule has 3 aliphatic rings. The average Bonchev–Trinajstić information content (AvgIpc) is 3.51. The van der Waals surface area contributed by atoms with Crippen LogP contribution in [0.3, 0.4) is 0 Å². The van der Waals surface area contributed by atoms with E-state index < -0.39 is 29.8 Å². The summed E-state index contributed by atoms with van der Waals surface area (Å²) in [5.74, 6) is 0.688. The molecule has 0 N–H and O–H groups in total. The number of piperidine rings is 2. The predicted octanol–water partition coefficient (Wildman–Crippen LogP) is 5.60. The van der Waals surface area contributed by atoms with Crippen LogP contribution < -0.4 is 9.47 Å². The third-order valence-electron chi connectivity index (χ3n) is 8.02. The van der Waals surface area contributed by atoms with Gasteiger partial charge in [0, 0.05) is 49.2 Å². The molecule has 10 nitrogen and oxygen atoms in total. The van der Waals surface area contributed by atoms with Crippen molar-refractivity contribution in [1.82, 2.24) is 24.6 Å². The quantitative estimate of drug-likeness (QED) is 0.349. The third kappa shape index (κ3) is 5.45. The van der Waals surface area contributed by atoms with Crippen molar-refractivity contribution in [2.24, 2.45) is 5.92 Å². The number of hydrogen-bond donors (Lipinski definition) is 0. The van der Waals surface area contributed by atoms with Gasteiger partial charge in [-0.1, -0.05) is 0 Å². The monoisotopic (exact) mass is 577 g/mol. The van der Waals surface area contributed by atoms with Crippen LogP contribution in [-0.2, 0) is 9.47 Å². The molecule has 42 heavy (non-hydrogen) atoms. The lowest BCUT2D eigenvalue weighted by molar-refractivity contribution is -0.0508. The predicted molar refractivity (Wildman–Crippen MR) is 153 cm³/mol. The van der Waals surface area contributed by atoms with E-state index in [1.54, 1.807) is 24.5 Å². The van der Waals surface area contributed by atoms with E-state index in [0.29, 0.717) is 42.3 Å². The van der Waals surface area contributed by atoms with Gasteiger partial charge in [0.1, 0.15) is 41.3 Å². The molecule has 2 fully saturated rings. The first-order valence-corrected chi connectivity index (χ1v) is 14.3. The molecule has 11 heteroatoms. The fourth-order valence-corrected chi connectivity index (χ4v) is 6.24. The van der Waals surface area contributed by atoms with Gasteiger partial charge >= 0.3 is 6.09 Å². The molecular formula is C31H36FN5O5. The highest BCUT2D eigenvalue weighted by molar-refractivity contribution is 5.76. The van der Waals surface area contributed by atoms with Crippen molar-refractivity contribution in [1.29, 1.82) is 0 Å². The highest BCUT2D eigenvalue weighted by Gasteiger charge is 2.50. The number of ether oxygens (including phenoxy) is 4. The average molecular weight is 578 g/mol. The summed E-state index contributed by atoms with van der Waals surface area (Å²) in [6.07, 6.45) is 8.28. The van der Waals surface area contributed by atoms with Crippen molar-refractivity contribution in [2.75, 3.05) is 20.5 Å². The number of benzene rings is 1. The van der Waals surface area contributed by atoms with Gasteiger partial charge in [-0.3, -0.25) is 4.90 Å². The lowest BCUT2D eigenvalue weighted by atomic mass is 9.73. The van der Waals surface area contributed by atoms with Gasteiger partial charge in [0.05, 0.1) is 18.1 Å². The molecule has 2 bridgehead atoms. The van der Waals surface area contributed by atoms with E-state index in [0.717, 1.165) is 29.7 Å². The molecule has 2 aromatic heterocycles. The van der Waals surface area contributed by atoms with Gasteiger partial charge < -0.3 is 23.5 Å². The summed E-state index contributed by atoms with van der Waals surface area (Å²) >= 11 is 0. The minimum Gasteiger partial charge on any atom is -0.487 e. The summed E-state index contributed by atoms with van der Waals surface area (Å²) in [5.41, 5.74) is 2.83. The fraction of sp³-hybridized carbons (Fsp3) is 0.484. The van der Waals surface area contributed by atoms with E-state index in [-0.39, 0.29) is 12.8 Å². The van der Waals surface area contributed by atoms with Crippen LogP contribution >= 0.6 is 0 Å². The molecule has 1 aromatic carbocycles. The number of fused-ring (bicyclic) bond motifs is 3. The Morgan fingerprint density at radius 2 is 2.05 bits per heavy atom. The Bertz CT molecular complexity index is 1470. The smallest absolute Gasteiger partial charge is 0.410 e. The second-order valence-electron chi connectivity index (χ2n) is 11.9. The van der Waals surface area contributed by atoms with E-state index >= 15 is 4.39 Å². The molecule has 222 valence electrons. The maximum atomic E-state index is 16.3. The zero-order valence-electron chi connectivity index (χ0n) is 24.3. The first kappa shape index (κ1) is 28.1. The highest BCUT2D eigenvalue weighted by atomic mass is 19.1. The van der Waals surface area contributed by atoms with Crippen LogP contribution in [0, 0.1) is 5.92 Å². The van der Waals surface area contributed by atoms with Gasteiger partial charge in [-0.15, -0.1) is 10.2 Å². The molecule has 5 heterocycles. The summed E-state index contributed by atoms with van der Waals surface area (Å²) in [6.45, 7) is 5.85. The molecule has 0 spiro atoms. The van der Waals surface area contributed by atoms with Crippen LogP contribution in [0.25, 0.3) is 22.5 Å². The van der Waals surface area contributed by atoms with Gasteiger partial charge in [0.15, 0.2) is 6.79 Å². The minimum absolute atomic E-state index is 0.0599. The van der Waals surface area contributed by atoms with E-state index in [1.807, 2.05) is 61.9 Å². The zero-order chi connectivity index (χ0) is 29.4. The molecule has 3 aromatic rings. The lowest BCUT2D eigenvalue weighted by Gasteiger charge is -2.50. The largest absolute Gasteiger partial charge is 0.487 e. The summed E-state index contributed by atoms with van der Waals surface area (Å²) < 4.78 is 40.9. The van der Waals surface area contributed by atoms with Gasteiger partial charge in [-0.25, -0.2) is 14.2 Å². The van der Waals surface area contributed by atoms with Crippen LogP contribution in [0.4, 0.5) is 9.18 Å². The second kappa shape index (κ2) is 11.4. The number of aromatic nitrogens is 4. The number of amides is 1. The molecule has 2 unspecified atom stereocenters. The first-order chi connectivity index (χ1) is 20.2. The number of carbonyl (C=O) groups is 1. The Morgan fingerprint density at radius 1 is 1.19 bits per heavy atom. The summed E-state index contributed by atoms with van der Waals surface area (Å²) in [5, 5.41) is 9.09. The van der Waals surface area contributed by atoms with Gasteiger partial charge in [-0.05, 0) is 70.2 Å². The van der Waals surface area contributed by atoms with Crippen molar-refractivity contribution < 1.29 is 28.1 Å². The van der Waals surface area contributed by atoms with Crippen molar-refractivity contribution in [3.05, 3.63) is 54.8 Å².